The monoisotopic (exact) mass is 264 g/mol. The molecule has 3 unspecified atom stereocenters. The Morgan fingerprint density at radius 2 is 2.32 bits per heavy atom. The maximum Gasteiger partial charge on any atom is 0.248 e. The van der Waals surface area contributed by atoms with E-state index in [1.165, 1.54) is 0 Å². The third-order valence-electron chi connectivity index (χ3n) is 3.58. The van der Waals surface area contributed by atoms with E-state index in [1.54, 1.807) is 23.0 Å². The number of hydrogen-bond donors (Lipinski definition) is 1. The van der Waals surface area contributed by atoms with Crippen LogP contribution in [0.25, 0.3) is 11.1 Å². The molecule has 6 heteroatoms. The smallest absolute Gasteiger partial charge is 0.248 e. The van der Waals surface area contributed by atoms with E-state index < -0.39 is 6.04 Å². The molecule has 3 rings (SSSR count). The Hall–Kier alpha value is -1.63. The van der Waals surface area contributed by atoms with Crippen molar-refractivity contribution in [3.05, 3.63) is 24.1 Å². The van der Waals surface area contributed by atoms with Crippen molar-refractivity contribution in [1.29, 1.82) is 0 Å². The van der Waals surface area contributed by atoms with Crippen LogP contribution in [0.3, 0.4) is 0 Å². The minimum Gasteiger partial charge on any atom is -0.463 e. The van der Waals surface area contributed by atoms with Gasteiger partial charge in [0.25, 0.3) is 0 Å². The quantitative estimate of drug-likeness (QED) is 0.676. The lowest BCUT2D eigenvalue weighted by Gasteiger charge is -2.32. The number of nitrogens with two attached hydrogens (primary N) is 1. The van der Waals surface area contributed by atoms with Crippen LogP contribution in [0.15, 0.2) is 22.8 Å². The van der Waals surface area contributed by atoms with E-state index >= 15 is 0 Å². The molecule has 0 saturated carbocycles. The van der Waals surface area contributed by atoms with E-state index in [1.807, 2.05) is 13.8 Å². The Morgan fingerprint density at radius 1 is 1.53 bits per heavy atom. The Kier molecular flexibility index (Phi) is 2.93. The van der Waals surface area contributed by atoms with E-state index in [-0.39, 0.29) is 17.9 Å². The summed E-state index contributed by atoms with van der Waals surface area (Å²) in [5, 5.41) is 0. The van der Waals surface area contributed by atoms with Crippen LogP contribution in [0.2, 0.25) is 0 Å². The molecule has 0 fully saturated rings. The second kappa shape index (κ2) is 4.48. The van der Waals surface area contributed by atoms with E-state index in [4.69, 9.17) is 19.9 Å². The number of furan rings is 1. The third-order valence-corrected chi connectivity index (χ3v) is 3.58. The lowest BCUT2D eigenvalue weighted by molar-refractivity contribution is -0.335. The highest BCUT2D eigenvalue weighted by molar-refractivity contribution is 5.95. The van der Waals surface area contributed by atoms with E-state index in [2.05, 4.69) is 0 Å². The summed E-state index contributed by atoms with van der Waals surface area (Å²) in [4.78, 5) is 22.8. The van der Waals surface area contributed by atoms with Gasteiger partial charge in [-0.2, -0.15) is 0 Å². The molecule has 0 spiro atoms. The second-order valence-electron chi connectivity index (χ2n) is 4.72. The first-order valence-corrected chi connectivity index (χ1v) is 6.32. The summed E-state index contributed by atoms with van der Waals surface area (Å²) in [6.07, 6.45) is 1.17. The highest BCUT2D eigenvalue weighted by Gasteiger charge is 2.40. The molecule has 1 aliphatic rings. The average molecular weight is 264 g/mol. The van der Waals surface area contributed by atoms with Gasteiger partial charge in [0.2, 0.25) is 5.91 Å². The van der Waals surface area contributed by atoms with Crippen molar-refractivity contribution in [2.45, 2.75) is 26.0 Å². The van der Waals surface area contributed by atoms with Crippen LogP contribution in [0.5, 0.6) is 0 Å². The van der Waals surface area contributed by atoms with Crippen LogP contribution in [0, 0.1) is 5.92 Å². The van der Waals surface area contributed by atoms with Gasteiger partial charge in [-0.3, -0.25) is 9.36 Å². The number of hydrogen-bond acceptors (Lipinski definition) is 5. The number of carbonyl (C=O) groups is 1. The van der Waals surface area contributed by atoms with Gasteiger partial charge in [-0.15, -0.1) is 0 Å². The fourth-order valence-corrected chi connectivity index (χ4v) is 2.51. The molecule has 3 heterocycles. The number of fused-ring (bicyclic) bond motifs is 3. The van der Waals surface area contributed by atoms with Crippen molar-refractivity contribution < 1.29 is 19.0 Å². The fourth-order valence-electron chi connectivity index (χ4n) is 2.51. The first-order chi connectivity index (χ1) is 9.15. The molecule has 2 N–H and O–H groups in total. The molecule has 1 aliphatic heterocycles. The normalized spacial score (nSPS) is 26.9. The largest absolute Gasteiger partial charge is 0.463 e. The Labute approximate surface area is 110 Å². The molecule has 19 heavy (non-hydrogen) atoms. The van der Waals surface area contributed by atoms with E-state index in [9.17, 15) is 4.79 Å². The zero-order valence-electron chi connectivity index (χ0n) is 10.8. The van der Waals surface area contributed by atoms with Crippen molar-refractivity contribution in [3.63, 3.8) is 0 Å². The van der Waals surface area contributed by atoms with Crippen molar-refractivity contribution in [1.82, 2.24) is 4.57 Å². The first-order valence-electron chi connectivity index (χ1n) is 6.32. The van der Waals surface area contributed by atoms with Crippen molar-refractivity contribution in [3.8, 4) is 0 Å². The number of aromatic nitrogens is 1. The Bertz CT molecular complexity index is 615. The van der Waals surface area contributed by atoms with Gasteiger partial charge in [-0.1, -0.05) is 6.92 Å². The van der Waals surface area contributed by atoms with Crippen molar-refractivity contribution in [2.24, 2.45) is 11.7 Å². The minimum atomic E-state index is -0.622. The molecule has 0 bridgehead atoms. The average Bonchev–Trinajstić information content (AvgIpc) is 2.96. The number of carbonyl (C=O) groups excluding carboxylic acids is 1. The molecule has 102 valence electrons. The molecule has 3 atom stereocenters. The molecular formula is C13H16N2O4. The van der Waals surface area contributed by atoms with Gasteiger partial charge in [0, 0.05) is 18.1 Å². The van der Waals surface area contributed by atoms with Gasteiger partial charge in [0.1, 0.15) is 6.10 Å². The van der Waals surface area contributed by atoms with Crippen LogP contribution in [-0.4, -0.2) is 23.1 Å². The van der Waals surface area contributed by atoms with E-state index in [0.717, 1.165) is 5.69 Å². The predicted molar refractivity (Wildman–Crippen MR) is 67.4 cm³/mol. The van der Waals surface area contributed by atoms with Crippen molar-refractivity contribution in [2.75, 3.05) is 6.61 Å². The maximum absolute atomic E-state index is 12.3. The zero-order chi connectivity index (χ0) is 13.6. The predicted octanol–water partition coefficient (Wildman–Crippen LogP) is 1.86. The van der Waals surface area contributed by atoms with Gasteiger partial charge < -0.3 is 10.2 Å². The third kappa shape index (κ3) is 1.72. The maximum atomic E-state index is 12.3. The molecule has 2 aromatic heterocycles. The van der Waals surface area contributed by atoms with Crippen LogP contribution in [-0.2, 0) is 9.78 Å². The Morgan fingerprint density at radius 3 is 3.05 bits per heavy atom. The fraction of sp³-hybridized carbons (Fsp3) is 0.462. The van der Waals surface area contributed by atoms with Crippen LogP contribution >= 0.6 is 0 Å². The van der Waals surface area contributed by atoms with Crippen molar-refractivity contribution >= 4 is 17.0 Å². The number of nitrogens with zero attached hydrogens (tertiary/aromatic N) is 1. The highest BCUT2D eigenvalue weighted by atomic mass is 17.2. The van der Waals surface area contributed by atoms with E-state index in [0.29, 0.717) is 17.7 Å². The SMILES string of the molecule is CCOOC1c2cc3occc3n2C(=O)C(N)C1C. The summed E-state index contributed by atoms with van der Waals surface area (Å²) in [7, 11) is 0. The molecule has 0 amide bonds. The zero-order valence-corrected chi connectivity index (χ0v) is 10.8. The van der Waals surface area contributed by atoms with Gasteiger partial charge in [0.05, 0.1) is 30.1 Å². The van der Waals surface area contributed by atoms with Gasteiger partial charge >= 0.3 is 0 Å². The lowest BCUT2D eigenvalue weighted by Crippen LogP contribution is -2.47. The summed E-state index contributed by atoms with van der Waals surface area (Å²) in [6, 6.07) is 2.93. The molecule has 6 nitrogen and oxygen atoms in total. The van der Waals surface area contributed by atoms with Gasteiger partial charge in [0.15, 0.2) is 5.58 Å². The van der Waals surface area contributed by atoms with Crippen LogP contribution < -0.4 is 5.73 Å². The van der Waals surface area contributed by atoms with Crippen LogP contribution in [0.1, 0.15) is 30.4 Å². The summed E-state index contributed by atoms with van der Waals surface area (Å²) in [5.74, 6) is -0.305. The summed E-state index contributed by atoms with van der Waals surface area (Å²) < 4.78 is 6.89. The summed E-state index contributed by atoms with van der Waals surface area (Å²) >= 11 is 0. The van der Waals surface area contributed by atoms with Crippen LogP contribution in [0.4, 0.5) is 0 Å². The Balaban J connectivity index is 2.12. The highest BCUT2D eigenvalue weighted by Crippen LogP contribution is 2.37. The molecule has 0 radical (unpaired) electrons. The molecule has 0 aromatic carbocycles. The number of rotatable bonds is 3. The minimum absolute atomic E-state index is 0.143. The topological polar surface area (TPSA) is 79.6 Å². The lowest BCUT2D eigenvalue weighted by atomic mass is 9.90. The molecule has 0 saturated heterocycles. The molecule has 2 aromatic rings. The van der Waals surface area contributed by atoms with Gasteiger partial charge in [-0.25, -0.2) is 9.78 Å². The standard InChI is InChI=1S/C13H16N2O4/c1-3-18-19-12-7(2)11(14)13(16)15-8-4-5-17-10(8)6-9(12)15/h4-7,11-12H,3,14H2,1-2H3. The summed E-state index contributed by atoms with van der Waals surface area (Å²) in [5.41, 5.74) is 8.07. The second-order valence-corrected chi connectivity index (χ2v) is 4.72. The van der Waals surface area contributed by atoms with Gasteiger partial charge in [-0.05, 0) is 6.92 Å². The summed E-state index contributed by atoms with van der Waals surface area (Å²) in [6.45, 7) is 4.15. The first kappa shape index (κ1) is 12.4. The molecule has 0 aliphatic carbocycles. The molecular weight excluding hydrogens is 248 g/mol.